The standard InChI is InChI=1S/C26H20N2O4/c1-30-20-13-14-24-22(15-20)28-26(32-24)18-9-11-19(12-10-18)27-25(29)16-31-23-8-4-6-17-5-2-3-7-21(17)23/h2-15H,16H2,1H3,(H,27,29). The van der Waals surface area contributed by atoms with Gasteiger partial charge in [-0.05, 0) is 47.9 Å². The van der Waals surface area contributed by atoms with Gasteiger partial charge in [-0.1, -0.05) is 36.4 Å². The van der Waals surface area contributed by atoms with Crippen molar-refractivity contribution in [1.82, 2.24) is 4.98 Å². The zero-order valence-electron chi connectivity index (χ0n) is 17.4. The Kier molecular flexibility index (Phi) is 5.17. The van der Waals surface area contributed by atoms with Crippen LogP contribution < -0.4 is 14.8 Å². The quantitative estimate of drug-likeness (QED) is 0.380. The summed E-state index contributed by atoms with van der Waals surface area (Å²) in [5.74, 6) is 1.67. The van der Waals surface area contributed by atoms with E-state index in [2.05, 4.69) is 10.3 Å². The molecule has 0 aliphatic rings. The number of oxazole rings is 1. The molecule has 0 saturated carbocycles. The second-order valence-corrected chi connectivity index (χ2v) is 7.24. The van der Waals surface area contributed by atoms with Gasteiger partial charge in [-0.3, -0.25) is 4.79 Å². The maximum absolute atomic E-state index is 12.4. The van der Waals surface area contributed by atoms with Gasteiger partial charge in [0, 0.05) is 22.7 Å². The fourth-order valence-corrected chi connectivity index (χ4v) is 3.52. The van der Waals surface area contributed by atoms with Crippen LogP contribution in [0.25, 0.3) is 33.3 Å². The second-order valence-electron chi connectivity index (χ2n) is 7.24. The Bertz CT molecular complexity index is 1400. The van der Waals surface area contributed by atoms with E-state index in [4.69, 9.17) is 13.9 Å². The fraction of sp³-hybridized carbons (Fsp3) is 0.0769. The molecule has 158 valence electrons. The highest BCUT2D eigenvalue weighted by atomic mass is 16.5. The third-order valence-corrected chi connectivity index (χ3v) is 5.12. The van der Waals surface area contributed by atoms with Crippen molar-refractivity contribution in [3.05, 3.63) is 84.9 Å². The van der Waals surface area contributed by atoms with Crippen molar-refractivity contribution in [2.24, 2.45) is 0 Å². The smallest absolute Gasteiger partial charge is 0.262 e. The molecule has 0 saturated heterocycles. The summed E-state index contributed by atoms with van der Waals surface area (Å²) in [5.41, 5.74) is 2.88. The third kappa shape index (κ3) is 3.98. The molecule has 0 bridgehead atoms. The van der Waals surface area contributed by atoms with Crippen LogP contribution in [0, 0.1) is 0 Å². The van der Waals surface area contributed by atoms with Crippen LogP contribution in [0.15, 0.2) is 89.3 Å². The molecule has 0 aliphatic heterocycles. The van der Waals surface area contributed by atoms with Gasteiger partial charge in [-0.2, -0.15) is 0 Å². The number of nitrogens with zero attached hydrogens (tertiary/aromatic N) is 1. The highest BCUT2D eigenvalue weighted by molar-refractivity contribution is 5.93. The molecule has 5 rings (SSSR count). The Balaban J connectivity index is 1.25. The molecule has 0 aliphatic carbocycles. The maximum Gasteiger partial charge on any atom is 0.262 e. The molecule has 1 amide bonds. The van der Waals surface area contributed by atoms with Gasteiger partial charge in [0.2, 0.25) is 5.89 Å². The number of rotatable bonds is 6. The first-order chi connectivity index (χ1) is 15.7. The summed E-state index contributed by atoms with van der Waals surface area (Å²) in [7, 11) is 1.61. The van der Waals surface area contributed by atoms with Crippen molar-refractivity contribution in [1.29, 1.82) is 0 Å². The van der Waals surface area contributed by atoms with E-state index < -0.39 is 0 Å². The number of nitrogens with one attached hydrogen (secondary N) is 1. The second kappa shape index (κ2) is 8.43. The van der Waals surface area contributed by atoms with E-state index in [0.717, 1.165) is 27.6 Å². The lowest BCUT2D eigenvalue weighted by Gasteiger charge is -2.10. The molecule has 6 heteroatoms. The van der Waals surface area contributed by atoms with Gasteiger partial charge in [-0.15, -0.1) is 0 Å². The van der Waals surface area contributed by atoms with Gasteiger partial charge in [0.25, 0.3) is 5.91 Å². The Morgan fingerprint density at radius 3 is 2.62 bits per heavy atom. The van der Waals surface area contributed by atoms with Gasteiger partial charge < -0.3 is 19.2 Å². The number of benzene rings is 4. The zero-order chi connectivity index (χ0) is 21.9. The first-order valence-corrected chi connectivity index (χ1v) is 10.1. The van der Waals surface area contributed by atoms with Crippen LogP contribution in [0.2, 0.25) is 0 Å². The lowest BCUT2D eigenvalue weighted by atomic mass is 10.1. The summed E-state index contributed by atoms with van der Waals surface area (Å²) >= 11 is 0. The summed E-state index contributed by atoms with van der Waals surface area (Å²) < 4.78 is 16.8. The van der Waals surface area contributed by atoms with Crippen LogP contribution >= 0.6 is 0 Å². The molecular weight excluding hydrogens is 404 g/mol. The number of hydrogen-bond donors (Lipinski definition) is 1. The van der Waals surface area contributed by atoms with Crippen molar-refractivity contribution < 1.29 is 18.7 Å². The number of aromatic nitrogens is 1. The predicted molar refractivity (Wildman–Crippen MR) is 124 cm³/mol. The lowest BCUT2D eigenvalue weighted by Crippen LogP contribution is -2.20. The SMILES string of the molecule is COc1ccc2oc(-c3ccc(NC(=O)COc4cccc5ccccc45)cc3)nc2c1. The summed E-state index contributed by atoms with van der Waals surface area (Å²) in [5, 5.41) is 4.89. The molecule has 0 spiro atoms. The maximum atomic E-state index is 12.4. The number of fused-ring (bicyclic) bond motifs is 2. The van der Waals surface area contributed by atoms with Crippen LogP contribution in [0.5, 0.6) is 11.5 Å². The van der Waals surface area contributed by atoms with E-state index in [1.807, 2.05) is 72.8 Å². The summed E-state index contributed by atoms with van der Waals surface area (Å²) in [6.07, 6.45) is 0. The first-order valence-electron chi connectivity index (χ1n) is 10.1. The summed E-state index contributed by atoms with van der Waals surface area (Å²) in [4.78, 5) is 16.9. The average molecular weight is 424 g/mol. The number of hydrogen-bond acceptors (Lipinski definition) is 5. The molecule has 1 aromatic heterocycles. The van der Waals surface area contributed by atoms with Gasteiger partial charge in [0.1, 0.15) is 17.0 Å². The number of carbonyl (C=O) groups excluding carboxylic acids is 1. The number of methoxy groups -OCH3 is 1. The van der Waals surface area contributed by atoms with Crippen molar-refractivity contribution in [3.8, 4) is 23.0 Å². The van der Waals surface area contributed by atoms with Crippen LogP contribution in [-0.4, -0.2) is 24.6 Å². The van der Waals surface area contributed by atoms with Crippen LogP contribution in [0.3, 0.4) is 0 Å². The van der Waals surface area contributed by atoms with Crippen molar-refractivity contribution in [2.75, 3.05) is 19.0 Å². The lowest BCUT2D eigenvalue weighted by molar-refractivity contribution is -0.118. The van der Waals surface area contributed by atoms with E-state index >= 15 is 0 Å². The minimum Gasteiger partial charge on any atom is -0.497 e. The first kappa shape index (κ1) is 19.6. The molecule has 4 aromatic carbocycles. The van der Waals surface area contributed by atoms with Crippen LogP contribution in [0.1, 0.15) is 0 Å². The normalized spacial score (nSPS) is 10.9. The highest BCUT2D eigenvalue weighted by Gasteiger charge is 2.10. The van der Waals surface area contributed by atoms with Crippen molar-refractivity contribution in [3.63, 3.8) is 0 Å². The molecule has 1 heterocycles. The molecule has 0 atom stereocenters. The molecule has 32 heavy (non-hydrogen) atoms. The monoisotopic (exact) mass is 424 g/mol. The number of amides is 1. The van der Waals surface area contributed by atoms with E-state index in [0.29, 0.717) is 22.9 Å². The topological polar surface area (TPSA) is 73.6 Å². The van der Waals surface area contributed by atoms with Gasteiger partial charge in [-0.25, -0.2) is 4.98 Å². The molecule has 6 nitrogen and oxygen atoms in total. The molecule has 0 radical (unpaired) electrons. The Hall–Kier alpha value is -4.32. The molecule has 1 N–H and O–H groups in total. The molecular formula is C26H20N2O4. The van der Waals surface area contributed by atoms with Gasteiger partial charge in [0.05, 0.1) is 7.11 Å². The highest BCUT2D eigenvalue weighted by Crippen LogP contribution is 2.28. The largest absolute Gasteiger partial charge is 0.497 e. The Labute approximate surface area is 184 Å². The third-order valence-electron chi connectivity index (χ3n) is 5.12. The van der Waals surface area contributed by atoms with Crippen molar-refractivity contribution >= 4 is 33.5 Å². The number of anilines is 1. The minimum absolute atomic E-state index is 0.0806. The Morgan fingerprint density at radius 2 is 1.78 bits per heavy atom. The summed E-state index contributed by atoms with van der Waals surface area (Å²) in [6, 6.07) is 26.5. The number of ether oxygens (including phenoxy) is 2. The molecule has 5 aromatic rings. The average Bonchev–Trinajstić information content (AvgIpc) is 3.26. The molecule has 0 fully saturated rings. The minimum atomic E-state index is -0.236. The Morgan fingerprint density at radius 1 is 0.969 bits per heavy atom. The van der Waals surface area contributed by atoms with E-state index in [1.165, 1.54) is 0 Å². The van der Waals surface area contributed by atoms with Gasteiger partial charge >= 0.3 is 0 Å². The molecule has 0 unspecified atom stereocenters. The number of carbonyl (C=O) groups is 1. The van der Waals surface area contributed by atoms with E-state index in [9.17, 15) is 4.79 Å². The summed E-state index contributed by atoms with van der Waals surface area (Å²) in [6.45, 7) is -0.0806. The van der Waals surface area contributed by atoms with Crippen LogP contribution in [-0.2, 0) is 4.79 Å². The fourth-order valence-electron chi connectivity index (χ4n) is 3.52. The van der Waals surface area contributed by atoms with E-state index in [-0.39, 0.29) is 12.5 Å². The predicted octanol–water partition coefficient (Wildman–Crippen LogP) is 5.67. The van der Waals surface area contributed by atoms with Crippen molar-refractivity contribution in [2.45, 2.75) is 0 Å². The zero-order valence-corrected chi connectivity index (χ0v) is 17.4. The van der Waals surface area contributed by atoms with Gasteiger partial charge in [0.15, 0.2) is 12.2 Å². The van der Waals surface area contributed by atoms with Crippen LogP contribution in [0.4, 0.5) is 5.69 Å². The van der Waals surface area contributed by atoms with E-state index in [1.54, 1.807) is 19.2 Å².